The Morgan fingerprint density at radius 3 is 2.33 bits per heavy atom. The maximum absolute atomic E-state index is 13.6. The molecule has 0 radical (unpaired) electrons. The second-order valence-corrected chi connectivity index (χ2v) is 20.1. The summed E-state index contributed by atoms with van der Waals surface area (Å²) in [5.74, 6) is -2.40. The highest BCUT2D eigenvalue weighted by Gasteiger charge is 2.46. The largest absolute Gasteiger partial charge is 0.483 e. The molecule has 3 aromatic heterocycles. The Labute approximate surface area is 416 Å². The Balaban J connectivity index is 0.734. The van der Waals surface area contributed by atoms with Crippen molar-refractivity contribution in [3.8, 4) is 5.75 Å². The van der Waals surface area contributed by atoms with E-state index in [0.29, 0.717) is 74.0 Å². The number of imide groups is 2. The molecule has 8 rings (SSSR count). The van der Waals surface area contributed by atoms with Crippen LogP contribution in [0, 0.1) is 6.92 Å². The van der Waals surface area contributed by atoms with Crippen molar-refractivity contribution < 1.29 is 43.0 Å². The molecule has 1 atom stereocenters. The second-order valence-electron chi connectivity index (χ2n) is 20.1. The molecule has 4 aromatic rings. The topological polar surface area (TPSA) is 256 Å². The molecule has 4 N–H and O–H groups in total. The lowest BCUT2D eigenvalue weighted by molar-refractivity contribution is -0.136. The molecule has 1 unspecified atom stereocenters. The minimum absolute atomic E-state index is 0.000394. The van der Waals surface area contributed by atoms with Crippen molar-refractivity contribution in [2.45, 2.75) is 116 Å². The summed E-state index contributed by atoms with van der Waals surface area (Å²) in [5, 5.41) is 12.2. The van der Waals surface area contributed by atoms with Crippen LogP contribution >= 0.6 is 0 Å². The standard InChI is InChI=1S/C51H63N11O10/c1-30-35-27-54-49(58-44(35)61(32-10-7-8-11-32)47(69)42(30)31(2)63)56-38-16-14-33(26-53-38)59-21-23-60(24-22-59)41(66)28-55-50(3,4)19-25-72-51(5,6)18-20-52-40(65)29-71-37-13-9-12-34-43(37)48(70)62(46(34)68)36-15-17-39(64)57-45(36)67/h9,12-14,16,26-27,32,36,55H,7-8,10-11,15,17-25,28-29H2,1-6H3,(H,52,65)(H,57,64,67)(H,53,54,56,58). The molecule has 382 valence electrons. The zero-order valence-corrected chi connectivity index (χ0v) is 41.7. The number of nitrogens with one attached hydrogen (secondary N) is 4. The summed E-state index contributed by atoms with van der Waals surface area (Å²) in [7, 11) is 0. The number of Topliss-reactive ketones (excluding diaryl/α,β-unsaturated/α-hetero) is 1. The highest BCUT2D eigenvalue weighted by molar-refractivity contribution is 6.24. The van der Waals surface area contributed by atoms with Gasteiger partial charge in [0.25, 0.3) is 23.3 Å². The van der Waals surface area contributed by atoms with Crippen LogP contribution in [0.5, 0.6) is 5.75 Å². The van der Waals surface area contributed by atoms with Gasteiger partial charge in [-0.1, -0.05) is 18.9 Å². The van der Waals surface area contributed by atoms with E-state index in [1.165, 1.54) is 25.1 Å². The summed E-state index contributed by atoms with van der Waals surface area (Å²) in [5.41, 5.74) is 0.925. The van der Waals surface area contributed by atoms with E-state index in [1.807, 2.05) is 44.7 Å². The van der Waals surface area contributed by atoms with Gasteiger partial charge in [0.2, 0.25) is 23.7 Å². The summed E-state index contributed by atoms with van der Waals surface area (Å²) in [6, 6.07) is 7.12. The number of benzene rings is 1. The quantitative estimate of drug-likeness (QED) is 0.0771. The monoisotopic (exact) mass is 989 g/mol. The molecule has 1 aromatic carbocycles. The number of pyridine rings is 2. The van der Waals surface area contributed by atoms with Gasteiger partial charge in [-0.3, -0.25) is 53.1 Å². The van der Waals surface area contributed by atoms with Crippen molar-refractivity contribution in [1.82, 2.24) is 45.3 Å². The summed E-state index contributed by atoms with van der Waals surface area (Å²) < 4.78 is 13.6. The summed E-state index contributed by atoms with van der Waals surface area (Å²) in [6.07, 6.45) is 8.30. The average Bonchev–Trinajstić information content (AvgIpc) is 3.96. The summed E-state index contributed by atoms with van der Waals surface area (Å²) in [4.78, 5) is 121. The first-order valence-electron chi connectivity index (χ1n) is 24.6. The minimum Gasteiger partial charge on any atom is -0.483 e. The number of aromatic nitrogens is 4. The lowest BCUT2D eigenvalue weighted by atomic mass is 10.0. The fourth-order valence-corrected chi connectivity index (χ4v) is 9.76. The van der Waals surface area contributed by atoms with E-state index in [9.17, 15) is 38.4 Å². The van der Waals surface area contributed by atoms with Gasteiger partial charge < -0.3 is 35.2 Å². The van der Waals surface area contributed by atoms with Crippen LogP contribution in [-0.2, 0) is 23.9 Å². The lowest BCUT2D eigenvalue weighted by Gasteiger charge is -2.37. The van der Waals surface area contributed by atoms with E-state index >= 15 is 0 Å². The van der Waals surface area contributed by atoms with Gasteiger partial charge in [-0.2, -0.15) is 4.98 Å². The van der Waals surface area contributed by atoms with Gasteiger partial charge in [0.05, 0.1) is 40.7 Å². The Bertz CT molecular complexity index is 2850. The number of hydrogen-bond acceptors (Lipinski definition) is 16. The van der Waals surface area contributed by atoms with Crippen LogP contribution in [0.15, 0.2) is 47.5 Å². The van der Waals surface area contributed by atoms with Gasteiger partial charge in [0.15, 0.2) is 12.4 Å². The Hall–Kier alpha value is -7.13. The molecular weight excluding hydrogens is 927 g/mol. The molecule has 1 saturated carbocycles. The van der Waals surface area contributed by atoms with Crippen molar-refractivity contribution >= 4 is 69.7 Å². The third kappa shape index (κ3) is 11.3. The zero-order valence-electron chi connectivity index (χ0n) is 41.7. The Morgan fingerprint density at radius 1 is 0.889 bits per heavy atom. The molecule has 2 saturated heterocycles. The van der Waals surface area contributed by atoms with Crippen LogP contribution in [0.1, 0.15) is 129 Å². The van der Waals surface area contributed by atoms with E-state index in [1.54, 1.807) is 23.9 Å². The van der Waals surface area contributed by atoms with Crippen molar-refractivity contribution in [2.75, 3.05) is 62.7 Å². The van der Waals surface area contributed by atoms with Crippen LogP contribution < -0.4 is 36.5 Å². The lowest BCUT2D eigenvalue weighted by Crippen LogP contribution is -2.54. The molecule has 4 aliphatic rings. The number of rotatable bonds is 19. The van der Waals surface area contributed by atoms with E-state index in [4.69, 9.17) is 14.5 Å². The molecule has 21 nitrogen and oxygen atoms in total. The predicted molar refractivity (Wildman–Crippen MR) is 265 cm³/mol. The number of ether oxygens (including phenoxy) is 2. The Morgan fingerprint density at radius 2 is 1.64 bits per heavy atom. The smallest absolute Gasteiger partial charge is 0.266 e. The molecule has 0 spiro atoms. The van der Waals surface area contributed by atoms with Gasteiger partial charge in [0, 0.05) is 68.9 Å². The SMILES string of the molecule is CC(=O)c1c(C)c2cnc(Nc3ccc(N4CCN(C(=O)CNC(C)(C)CCOC(C)(C)CCNC(=O)COc5cccc6c5C(=O)N(C5CCC(=O)NC5=O)C6=O)CC4)cn3)nc2n(C2CCCC2)c1=O. The summed E-state index contributed by atoms with van der Waals surface area (Å²) in [6.45, 7) is 13.9. The van der Waals surface area contributed by atoms with Gasteiger partial charge in [0.1, 0.15) is 23.3 Å². The maximum atomic E-state index is 13.6. The molecule has 6 amide bonds. The van der Waals surface area contributed by atoms with Gasteiger partial charge in [-0.05, 0) is 103 Å². The fraction of sp³-hybridized carbons (Fsp3) is 0.510. The molecule has 1 aliphatic carbocycles. The number of ketones is 1. The molecule has 72 heavy (non-hydrogen) atoms. The van der Waals surface area contributed by atoms with E-state index in [2.05, 4.69) is 36.1 Å². The first kappa shape index (κ1) is 51.2. The number of piperidine rings is 1. The van der Waals surface area contributed by atoms with Crippen LogP contribution in [0.2, 0.25) is 0 Å². The van der Waals surface area contributed by atoms with Gasteiger partial charge >= 0.3 is 0 Å². The molecule has 3 fully saturated rings. The van der Waals surface area contributed by atoms with Gasteiger partial charge in [-0.25, -0.2) is 9.97 Å². The highest BCUT2D eigenvalue weighted by Crippen LogP contribution is 2.35. The molecule has 0 bridgehead atoms. The van der Waals surface area contributed by atoms with Crippen LogP contribution in [0.3, 0.4) is 0 Å². The molecular formula is C51H63N11O10. The number of piperazine rings is 1. The van der Waals surface area contributed by atoms with Crippen LogP contribution in [0.25, 0.3) is 11.0 Å². The van der Waals surface area contributed by atoms with E-state index < -0.39 is 53.3 Å². The van der Waals surface area contributed by atoms with Gasteiger partial charge in [-0.15, -0.1) is 0 Å². The number of fused-ring (bicyclic) bond motifs is 2. The normalized spacial score (nSPS) is 17.6. The Kier molecular flexibility index (Phi) is 15.2. The van der Waals surface area contributed by atoms with Crippen LogP contribution in [0.4, 0.5) is 17.5 Å². The van der Waals surface area contributed by atoms with Crippen LogP contribution in [-0.4, -0.2) is 140 Å². The van der Waals surface area contributed by atoms with Crippen molar-refractivity contribution in [3.63, 3.8) is 0 Å². The number of anilines is 3. The number of aryl methyl sites for hydroxylation is 1. The minimum atomic E-state index is -1.12. The fourth-order valence-electron chi connectivity index (χ4n) is 9.76. The third-order valence-electron chi connectivity index (χ3n) is 14.0. The third-order valence-corrected chi connectivity index (χ3v) is 14.0. The number of hydrogen-bond donors (Lipinski definition) is 4. The highest BCUT2D eigenvalue weighted by atomic mass is 16.5. The molecule has 6 heterocycles. The number of carbonyl (C=O) groups is 7. The second kappa shape index (κ2) is 21.3. The number of nitrogens with zero attached hydrogens (tertiary/aromatic N) is 7. The first-order chi connectivity index (χ1) is 34.3. The van der Waals surface area contributed by atoms with Crippen molar-refractivity contribution in [1.29, 1.82) is 0 Å². The zero-order chi connectivity index (χ0) is 51.5. The van der Waals surface area contributed by atoms with E-state index in [0.717, 1.165) is 36.3 Å². The maximum Gasteiger partial charge on any atom is 0.266 e. The number of amides is 6. The molecule has 21 heteroatoms. The van der Waals surface area contributed by atoms with E-state index in [-0.39, 0.29) is 71.7 Å². The van der Waals surface area contributed by atoms with Crippen molar-refractivity contribution in [2.24, 2.45) is 0 Å². The summed E-state index contributed by atoms with van der Waals surface area (Å²) >= 11 is 0. The predicted octanol–water partition coefficient (Wildman–Crippen LogP) is 3.74. The number of carbonyl (C=O) groups excluding carboxylic acids is 7. The first-order valence-corrected chi connectivity index (χ1v) is 24.6. The molecule has 3 aliphatic heterocycles. The van der Waals surface area contributed by atoms with Crippen molar-refractivity contribution in [3.05, 3.63) is 75.3 Å². The average molecular weight is 990 g/mol.